The number of rotatable bonds is 3. The molecule has 0 spiro atoms. The van der Waals surface area contributed by atoms with Crippen LogP contribution in [0, 0.1) is 6.92 Å². The van der Waals surface area contributed by atoms with E-state index in [2.05, 4.69) is 50.0 Å². The van der Waals surface area contributed by atoms with E-state index in [0.29, 0.717) is 6.54 Å². The smallest absolute Gasteiger partial charge is 0.185 e. The minimum atomic E-state index is -0.0301. The molecule has 1 rings (SSSR count). The van der Waals surface area contributed by atoms with E-state index >= 15 is 0 Å². The number of nitrogens with zero attached hydrogens (tertiary/aromatic N) is 1. The molecule has 0 aromatic heterocycles. The molecule has 1 aromatic rings. The van der Waals surface area contributed by atoms with E-state index in [1.54, 1.807) is 0 Å². The molecule has 0 radical (unpaired) electrons. The zero-order valence-corrected chi connectivity index (χ0v) is 12.4. The Morgan fingerprint density at radius 1 is 1.19 bits per heavy atom. The third-order valence-corrected chi connectivity index (χ3v) is 2.49. The Morgan fingerprint density at radius 2 is 1.69 bits per heavy atom. The number of hydrogen-bond donors (Lipinski definition) is 2. The van der Waals surface area contributed by atoms with Crippen LogP contribution < -0.4 is 11.5 Å². The highest BCUT2D eigenvalue weighted by Crippen LogP contribution is 2.23. The first kappa shape index (κ1) is 15.2. The monoisotopic (exact) mass is 333 g/mol. The van der Waals surface area contributed by atoms with Gasteiger partial charge in [0.25, 0.3) is 0 Å². The molecule has 1 aromatic carbocycles. The fourth-order valence-electron chi connectivity index (χ4n) is 1.38. The van der Waals surface area contributed by atoms with Gasteiger partial charge in [0.15, 0.2) is 5.96 Å². The summed E-state index contributed by atoms with van der Waals surface area (Å²) in [5.41, 5.74) is 13.1. The summed E-state index contributed by atoms with van der Waals surface area (Å²) in [7, 11) is 0. The molecule has 0 heterocycles. The molecule has 4 heteroatoms. The van der Waals surface area contributed by atoms with Crippen LogP contribution in [0.25, 0.3) is 0 Å². The SMILES string of the molecule is Cc1ccc(C(C)(C)CN=C(N)N)cc1.I. The number of guanidine groups is 1. The summed E-state index contributed by atoms with van der Waals surface area (Å²) in [6.45, 7) is 6.94. The number of halogens is 1. The molecule has 0 atom stereocenters. The molecule has 0 aliphatic rings. The minimum Gasteiger partial charge on any atom is -0.370 e. The van der Waals surface area contributed by atoms with E-state index in [1.807, 2.05) is 0 Å². The van der Waals surface area contributed by atoms with Crippen LogP contribution in [0.15, 0.2) is 29.3 Å². The summed E-state index contributed by atoms with van der Waals surface area (Å²) in [4.78, 5) is 4.07. The first-order valence-corrected chi connectivity index (χ1v) is 5.04. The lowest BCUT2D eigenvalue weighted by Gasteiger charge is -2.23. The van der Waals surface area contributed by atoms with Gasteiger partial charge < -0.3 is 11.5 Å². The van der Waals surface area contributed by atoms with Crippen molar-refractivity contribution in [3.63, 3.8) is 0 Å². The van der Waals surface area contributed by atoms with Crippen LogP contribution in [0.3, 0.4) is 0 Å². The maximum absolute atomic E-state index is 5.33. The van der Waals surface area contributed by atoms with Crippen LogP contribution in [0.1, 0.15) is 25.0 Å². The van der Waals surface area contributed by atoms with Crippen LogP contribution in [0.4, 0.5) is 0 Å². The average Bonchev–Trinajstić information content (AvgIpc) is 2.16. The maximum atomic E-state index is 5.33. The Labute approximate surface area is 114 Å². The topological polar surface area (TPSA) is 64.4 Å². The van der Waals surface area contributed by atoms with Crippen molar-refractivity contribution in [2.45, 2.75) is 26.2 Å². The number of benzene rings is 1. The fourth-order valence-corrected chi connectivity index (χ4v) is 1.38. The van der Waals surface area contributed by atoms with Crippen molar-refractivity contribution in [2.24, 2.45) is 16.5 Å². The second kappa shape index (κ2) is 6.08. The van der Waals surface area contributed by atoms with Crippen molar-refractivity contribution < 1.29 is 0 Å². The minimum absolute atomic E-state index is 0. The maximum Gasteiger partial charge on any atom is 0.185 e. The molecular weight excluding hydrogens is 313 g/mol. The molecule has 0 saturated heterocycles. The van der Waals surface area contributed by atoms with Gasteiger partial charge in [-0.3, -0.25) is 4.99 Å². The number of nitrogens with two attached hydrogens (primary N) is 2. The standard InChI is InChI=1S/C12H19N3.HI/c1-9-4-6-10(7-5-9)12(2,3)8-15-11(13)14;/h4-7H,8H2,1-3H3,(H4,13,14,15);1H. The molecule has 0 bridgehead atoms. The summed E-state index contributed by atoms with van der Waals surface area (Å²) in [5, 5.41) is 0. The average molecular weight is 333 g/mol. The molecule has 3 nitrogen and oxygen atoms in total. The first-order valence-electron chi connectivity index (χ1n) is 5.04. The van der Waals surface area contributed by atoms with E-state index in [1.165, 1.54) is 11.1 Å². The second-order valence-corrected chi connectivity index (χ2v) is 4.49. The second-order valence-electron chi connectivity index (χ2n) is 4.49. The van der Waals surface area contributed by atoms with Crippen LogP contribution in [-0.2, 0) is 5.41 Å². The molecule has 90 valence electrons. The molecule has 0 saturated carbocycles. The fraction of sp³-hybridized carbons (Fsp3) is 0.417. The van der Waals surface area contributed by atoms with Crippen molar-refractivity contribution in [1.82, 2.24) is 0 Å². The highest BCUT2D eigenvalue weighted by atomic mass is 127. The summed E-state index contributed by atoms with van der Waals surface area (Å²) in [6.07, 6.45) is 0. The zero-order chi connectivity index (χ0) is 11.5. The van der Waals surface area contributed by atoms with Gasteiger partial charge in [0.1, 0.15) is 0 Å². The lowest BCUT2D eigenvalue weighted by Crippen LogP contribution is -2.28. The third-order valence-electron chi connectivity index (χ3n) is 2.49. The van der Waals surface area contributed by atoms with Gasteiger partial charge in [-0.15, -0.1) is 24.0 Å². The highest BCUT2D eigenvalue weighted by Gasteiger charge is 2.19. The van der Waals surface area contributed by atoms with Gasteiger partial charge in [-0.05, 0) is 12.5 Å². The molecule has 0 aliphatic carbocycles. The lowest BCUT2D eigenvalue weighted by atomic mass is 9.84. The van der Waals surface area contributed by atoms with Crippen molar-refractivity contribution in [2.75, 3.05) is 6.54 Å². The van der Waals surface area contributed by atoms with Gasteiger partial charge in [-0.1, -0.05) is 43.7 Å². The van der Waals surface area contributed by atoms with Crippen molar-refractivity contribution >= 4 is 29.9 Å². The Bertz CT molecular complexity index is 351. The van der Waals surface area contributed by atoms with E-state index < -0.39 is 0 Å². The molecule has 4 N–H and O–H groups in total. The molecule has 0 aliphatic heterocycles. The van der Waals surface area contributed by atoms with E-state index in [-0.39, 0.29) is 35.4 Å². The predicted molar refractivity (Wildman–Crippen MR) is 80.3 cm³/mol. The molecule has 0 fully saturated rings. The largest absolute Gasteiger partial charge is 0.370 e. The number of aryl methyl sites for hydroxylation is 1. The lowest BCUT2D eigenvalue weighted by molar-refractivity contribution is 0.540. The third kappa shape index (κ3) is 4.38. The Balaban J connectivity index is 0.00000225. The van der Waals surface area contributed by atoms with Gasteiger partial charge in [0, 0.05) is 5.41 Å². The van der Waals surface area contributed by atoms with Gasteiger partial charge in [0.2, 0.25) is 0 Å². The predicted octanol–water partition coefficient (Wildman–Crippen LogP) is 2.16. The summed E-state index contributed by atoms with van der Waals surface area (Å²) in [6, 6.07) is 8.45. The molecule has 0 unspecified atom stereocenters. The van der Waals surface area contributed by atoms with E-state index in [4.69, 9.17) is 11.5 Å². The first-order chi connectivity index (χ1) is 6.92. The zero-order valence-electron chi connectivity index (χ0n) is 10.0. The summed E-state index contributed by atoms with van der Waals surface area (Å²) < 4.78 is 0. The van der Waals surface area contributed by atoms with Gasteiger partial charge >= 0.3 is 0 Å². The van der Waals surface area contributed by atoms with Gasteiger partial charge in [-0.2, -0.15) is 0 Å². The van der Waals surface area contributed by atoms with Gasteiger partial charge in [0.05, 0.1) is 6.54 Å². The number of hydrogen-bond acceptors (Lipinski definition) is 1. The molecule has 0 amide bonds. The van der Waals surface area contributed by atoms with Crippen LogP contribution in [-0.4, -0.2) is 12.5 Å². The van der Waals surface area contributed by atoms with Gasteiger partial charge in [-0.25, -0.2) is 0 Å². The Kier molecular flexibility index (Phi) is 5.78. The molecular formula is C12H20IN3. The van der Waals surface area contributed by atoms with Crippen LogP contribution in [0.2, 0.25) is 0 Å². The van der Waals surface area contributed by atoms with Crippen LogP contribution in [0.5, 0.6) is 0 Å². The highest BCUT2D eigenvalue weighted by molar-refractivity contribution is 14.0. The van der Waals surface area contributed by atoms with E-state index in [9.17, 15) is 0 Å². The van der Waals surface area contributed by atoms with Crippen molar-refractivity contribution in [1.29, 1.82) is 0 Å². The Morgan fingerprint density at radius 3 is 2.12 bits per heavy atom. The number of aliphatic imine (C=N–C) groups is 1. The van der Waals surface area contributed by atoms with Crippen molar-refractivity contribution in [3.05, 3.63) is 35.4 Å². The summed E-state index contributed by atoms with van der Waals surface area (Å²) >= 11 is 0. The quantitative estimate of drug-likeness (QED) is 0.506. The molecule has 16 heavy (non-hydrogen) atoms. The van der Waals surface area contributed by atoms with E-state index in [0.717, 1.165) is 0 Å². The normalized spacial score (nSPS) is 10.4. The van der Waals surface area contributed by atoms with Crippen molar-refractivity contribution in [3.8, 4) is 0 Å². The van der Waals surface area contributed by atoms with Crippen LogP contribution >= 0.6 is 24.0 Å². The Hall–Kier alpha value is -0.780. The summed E-state index contributed by atoms with van der Waals surface area (Å²) in [5.74, 6) is 0.148.